The lowest BCUT2D eigenvalue weighted by Crippen LogP contribution is -2.60. The summed E-state index contributed by atoms with van der Waals surface area (Å²) in [6.07, 6.45) is 22.2. The zero-order chi connectivity index (χ0) is 36.8. The van der Waals surface area contributed by atoms with Gasteiger partial charge in [-0.15, -0.1) is 0 Å². The van der Waals surface area contributed by atoms with E-state index in [1.165, 1.54) is 103 Å². The number of carbonyl (C=O) groups is 1. The van der Waals surface area contributed by atoms with Gasteiger partial charge in [-0.2, -0.15) is 0 Å². The molecule has 8 unspecified atom stereocenters. The van der Waals surface area contributed by atoms with Crippen LogP contribution < -0.4 is 5.32 Å². The first kappa shape index (κ1) is 46.9. The van der Waals surface area contributed by atoms with E-state index in [9.17, 15) is 35.4 Å². The lowest BCUT2D eigenvalue weighted by Gasteiger charge is -2.40. The lowest BCUT2D eigenvalue weighted by atomic mass is 9.99. The Balaban J connectivity index is 2.49. The molecular weight excluding hydrogens is 638 g/mol. The van der Waals surface area contributed by atoms with Crippen LogP contribution >= 0.6 is 0 Å². The van der Waals surface area contributed by atoms with Crippen LogP contribution in [0.3, 0.4) is 0 Å². The van der Waals surface area contributed by atoms with Gasteiger partial charge < -0.3 is 45.4 Å². The van der Waals surface area contributed by atoms with Crippen LogP contribution in [0.5, 0.6) is 0 Å². The second-order valence-corrected chi connectivity index (χ2v) is 14.6. The summed E-state index contributed by atoms with van der Waals surface area (Å²) in [5, 5.41) is 64.8. The van der Waals surface area contributed by atoms with Crippen LogP contribution in [0.4, 0.5) is 0 Å². The van der Waals surface area contributed by atoms with Gasteiger partial charge in [-0.05, 0) is 38.5 Å². The lowest BCUT2D eigenvalue weighted by molar-refractivity contribution is -0.303. The predicted molar refractivity (Wildman–Crippen MR) is 200 cm³/mol. The van der Waals surface area contributed by atoms with Gasteiger partial charge in [0, 0.05) is 6.42 Å². The monoisotopic (exact) mass is 716 g/mol. The fourth-order valence-corrected chi connectivity index (χ4v) is 6.55. The summed E-state index contributed by atoms with van der Waals surface area (Å²) in [6.45, 7) is 3.55. The average Bonchev–Trinajstić information content (AvgIpc) is 3.11. The Labute approximate surface area is 304 Å². The normalized spacial score (nSPS) is 22.9. The van der Waals surface area contributed by atoms with Crippen molar-refractivity contribution in [3.63, 3.8) is 0 Å². The van der Waals surface area contributed by atoms with Crippen molar-refractivity contribution >= 4 is 5.91 Å². The third-order valence-corrected chi connectivity index (χ3v) is 9.96. The topological polar surface area (TPSA) is 169 Å². The average molecular weight is 716 g/mol. The standard InChI is InChI=1S/C40H77NO9/c1-3-5-7-9-11-13-15-17-19-21-23-25-27-29-35(44)41-32(31-49-40-39(48)38(47)37(46)34(30-42)50-40)36(45)33(43)28-26-24-22-20-18-16-14-12-10-8-6-4-2/h20,22,32-34,36-40,42-43,45-48H,3-19,21,23-31H2,1-2H3,(H,41,44). The van der Waals surface area contributed by atoms with E-state index in [4.69, 9.17) is 9.47 Å². The molecule has 0 aromatic rings. The molecule has 10 heteroatoms. The molecule has 1 fully saturated rings. The number of unbranched alkanes of at least 4 members (excludes halogenated alkanes) is 20. The highest BCUT2D eigenvalue weighted by atomic mass is 16.7. The van der Waals surface area contributed by atoms with Gasteiger partial charge in [0.25, 0.3) is 0 Å². The molecule has 1 rings (SSSR count). The predicted octanol–water partition coefficient (Wildman–Crippen LogP) is 6.36. The van der Waals surface area contributed by atoms with Crippen molar-refractivity contribution in [2.45, 2.75) is 223 Å². The maximum Gasteiger partial charge on any atom is 0.220 e. The highest BCUT2D eigenvalue weighted by Crippen LogP contribution is 2.23. The minimum atomic E-state index is -1.61. The molecule has 0 aromatic carbocycles. The van der Waals surface area contributed by atoms with Gasteiger partial charge in [0.2, 0.25) is 5.91 Å². The largest absolute Gasteiger partial charge is 0.394 e. The molecule has 296 valence electrons. The SMILES string of the molecule is CCCCCCCCCC=CCCCC(O)C(O)C(COC1OC(CO)C(O)C(O)C1O)NC(=O)CCCCCCCCCCCCCCC. The van der Waals surface area contributed by atoms with Gasteiger partial charge in [-0.1, -0.05) is 142 Å². The first-order valence-electron chi connectivity index (χ1n) is 20.5. The minimum Gasteiger partial charge on any atom is -0.394 e. The smallest absolute Gasteiger partial charge is 0.220 e. The summed E-state index contributed by atoms with van der Waals surface area (Å²) < 4.78 is 11.1. The number of allylic oxidation sites excluding steroid dienone is 2. The van der Waals surface area contributed by atoms with E-state index < -0.39 is 55.6 Å². The van der Waals surface area contributed by atoms with Gasteiger partial charge >= 0.3 is 0 Å². The Hall–Kier alpha value is -1.11. The van der Waals surface area contributed by atoms with E-state index in [0.717, 1.165) is 32.1 Å². The number of aliphatic hydroxyl groups is 6. The van der Waals surface area contributed by atoms with Gasteiger partial charge in [0.15, 0.2) is 6.29 Å². The number of nitrogens with one attached hydrogen (secondary N) is 1. The summed E-state index contributed by atoms with van der Waals surface area (Å²) in [7, 11) is 0. The van der Waals surface area contributed by atoms with Crippen molar-refractivity contribution in [1.82, 2.24) is 5.32 Å². The summed E-state index contributed by atoms with van der Waals surface area (Å²) in [5.41, 5.74) is 0. The van der Waals surface area contributed by atoms with Crippen LogP contribution in [0, 0.1) is 0 Å². The summed E-state index contributed by atoms with van der Waals surface area (Å²) in [4.78, 5) is 12.9. The molecule has 1 saturated heterocycles. The van der Waals surface area contributed by atoms with Crippen molar-refractivity contribution in [2.75, 3.05) is 13.2 Å². The number of carbonyl (C=O) groups excluding carboxylic acids is 1. The first-order chi connectivity index (χ1) is 24.3. The molecule has 0 saturated carbocycles. The number of hydrogen-bond acceptors (Lipinski definition) is 9. The summed E-state index contributed by atoms with van der Waals surface area (Å²) in [6, 6.07) is -1.00. The van der Waals surface area contributed by atoms with Gasteiger partial charge in [0.1, 0.15) is 30.5 Å². The van der Waals surface area contributed by atoms with E-state index in [-0.39, 0.29) is 18.9 Å². The number of rotatable bonds is 33. The van der Waals surface area contributed by atoms with Crippen molar-refractivity contribution in [3.8, 4) is 0 Å². The van der Waals surface area contributed by atoms with E-state index in [0.29, 0.717) is 19.3 Å². The summed E-state index contributed by atoms with van der Waals surface area (Å²) in [5.74, 6) is -0.268. The Morgan fingerprint density at radius 2 is 1.16 bits per heavy atom. The van der Waals surface area contributed by atoms with E-state index in [1.807, 2.05) is 0 Å². The second kappa shape index (κ2) is 31.4. The second-order valence-electron chi connectivity index (χ2n) is 14.6. The molecule has 0 aliphatic carbocycles. The van der Waals surface area contributed by atoms with Crippen LogP contribution in [0.1, 0.15) is 174 Å². The molecule has 1 aliphatic rings. The number of ether oxygens (including phenoxy) is 2. The Bertz CT molecular complexity index is 814. The van der Waals surface area contributed by atoms with Crippen LogP contribution in [-0.4, -0.2) is 98.7 Å². The molecule has 1 aliphatic heterocycles. The first-order valence-corrected chi connectivity index (χ1v) is 20.5. The van der Waals surface area contributed by atoms with Crippen LogP contribution in [0.15, 0.2) is 12.2 Å². The molecule has 0 spiro atoms. The third kappa shape index (κ3) is 22.1. The molecule has 8 atom stereocenters. The van der Waals surface area contributed by atoms with Gasteiger partial charge in [-0.3, -0.25) is 4.79 Å². The highest BCUT2D eigenvalue weighted by Gasteiger charge is 2.44. The van der Waals surface area contributed by atoms with Crippen molar-refractivity contribution in [1.29, 1.82) is 0 Å². The Morgan fingerprint density at radius 1 is 0.680 bits per heavy atom. The van der Waals surface area contributed by atoms with Gasteiger partial charge in [-0.25, -0.2) is 0 Å². The van der Waals surface area contributed by atoms with E-state index in [1.54, 1.807) is 0 Å². The van der Waals surface area contributed by atoms with E-state index in [2.05, 4.69) is 31.3 Å². The fourth-order valence-electron chi connectivity index (χ4n) is 6.55. The molecule has 7 N–H and O–H groups in total. The van der Waals surface area contributed by atoms with Gasteiger partial charge in [0.05, 0.1) is 25.4 Å². The quantitative estimate of drug-likeness (QED) is 0.0302. The molecular formula is C40H77NO9. The van der Waals surface area contributed by atoms with Crippen LogP contribution in [0.25, 0.3) is 0 Å². The zero-order valence-corrected chi connectivity index (χ0v) is 31.8. The molecule has 1 amide bonds. The molecule has 0 aromatic heterocycles. The maximum absolute atomic E-state index is 12.9. The Morgan fingerprint density at radius 3 is 1.68 bits per heavy atom. The number of amides is 1. The maximum atomic E-state index is 12.9. The fraction of sp³-hybridized carbons (Fsp3) is 0.925. The van der Waals surface area contributed by atoms with Crippen LogP contribution in [-0.2, 0) is 14.3 Å². The van der Waals surface area contributed by atoms with Crippen LogP contribution in [0.2, 0.25) is 0 Å². The van der Waals surface area contributed by atoms with Crippen molar-refractivity contribution in [3.05, 3.63) is 12.2 Å². The minimum absolute atomic E-state index is 0.268. The van der Waals surface area contributed by atoms with E-state index >= 15 is 0 Å². The number of aliphatic hydroxyl groups excluding tert-OH is 6. The zero-order valence-electron chi connectivity index (χ0n) is 31.8. The third-order valence-electron chi connectivity index (χ3n) is 9.96. The molecule has 10 nitrogen and oxygen atoms in total. The van der Waals surface area contributed by atoms with Crippen molar-refractivity contribution in [2.24, 2.45) is 0 Å². The molecule has 0 radical (unpaired) electrons. The van der Waals surface area contributed by atoms with Crippen molar-refractivity contribution < 1.29 is 44.9 Å². The summed E-state index contributed by atoms with van der Waals surface area (Å²) >= 11 is 0. The molecule has 50 heavy (non-hydrogen) atoms. The highest BCUT2D eigenvalue weighted by molar-refractivity contribution is 5.76. The molecule has 0 bridgehead atoms. The Kier molecular flexibility index (Phi) is 29.5. The number of hydrogen-bond donors (Lipinski definition) is 7. The molecule has 1 heterocycles.